The zero-order valence-corrected chi connectivity index (χ0v) is 13.2. The number of ether oxygens (including phenoxy) is 1. The van der Waals surface area contributed by atoms with Crippen molar-refractivity contribution < 1.29 is 9.94 Å². The van der Waals surface area contributed by atoms with Crippen molar-refractivity contribution in [2.75, 3.05) is 36.4 Å². The van der Waals surface area contributed by atoms with E-state index in [0.29, 0.717) is 24.5 Å². The zero-order valence-electron chi connectivity index (χ0n) is 13.2. The van der Waals surface area contributed by atoms with Gasteiger partial charge in [-0.1, -0.05) is 6.07 Å². The average molecular weight is 315 g/mol. The number of aromatic nitrogens is 2. The van der Waals surface area contributed by atoms with Gasteiger partial charge in [0.15, 0.2) is 0 Å². The second kappa shape index (κ2) is 6.49. The Kier molecular flexibility index (Phi) is 4.42. The third-order valence-electron chi connectivity index (χ3n) is 3.90. The topological polar surface area (TPSA) is 84.8 Å². The summed E-state index contributed by atoms with van der Waals surface area (Å²) in [6.45, 7) is 6.41. The molecule has 23 heavy (non-hydrogen) atoms. The second-order valence-corrected chi connectivity index (χ2v) is 5.52. The molecule has 7 heteroatoms. The monoisotopic (exact) mass is 315 g/mol. The average Bonchev–Trinajstić information content (AvgIpc) is 2.55. The molecule has 1 fully saturated rings. The van der Waals surface area contributed by atoms with Crippen LogP contribution in [0.25, 0.3) is 11.1 Å². The van der Waals surface area contributed by atoms with E-state index >= 15 is 0 Å². The first kappa shape index (κ1) is 15.7. The summed E-state index contributed by atoms with van der Waals surface area (Å²) in [5, 5.41) is 21.0. The molecule has 3 rings (SSSR count). The Morgan fingerprint density at radius 3 is 2.61 bits per heavy atom. The lowest BCUT2D eigenvalue weighted by Gasteiger charge is -2.31. The van der Waals surface area contributed by atoms with E-state index in [1.54, 1.807) is 13.1 Å². The first-order valence-electron chi connectivity index (χ1n) is 7.50. The van der Waals surface area contributed by atoms with Gasteiger partial charge >= 0.3 is 0 Å². The molecule has 0 atom stereocenters. The summed E-state index contributed by atoms with van der Waals surface area (Å²) in [4.78, 5) is 10.9. The molecule has 1 aliphatic rings. The Morgan fingerprint density at radius 1 is 1.26 bits per heavy atom. The van der Waals surface area contributed by atoms with Crippen LogP contribution >= 0.6 is 0 Å². The summed E-state index contributed by atoms with van der Waals surface area (Å²) in [5.41, 5.74) is 2.89. The highest BCUT2D eigenvalue weighted by molar-refractivity contribution is 5.81. The van der Waals surface area contributed by atoms with Gasteiger partial charge in [-0.25, -0.2) is 4.98 Å². The number of hydrogen-bond acceptors (Lipinski definition) is 7. The summed E-state index contributed by atoms with van der Waals surface area (Å²) >= 11 is 0. The molecule has 122 valence electrons. The first-order valence-corrected chi connectivity index (χ1v) is 7.50. The van der Waals surface area contributed by atoms with Crippen molar-refractivity contribution in [1.29, 1.82) is 0 Å². The summed E-state index contributed by atoms with van der Waals surface area (Å²) in [5.74, 6) is 0.770. The highest BCUT2D eigenvalue weighted by Gasteiger charge is 2.18. The van der Waals surface area contributed by atoms with Crippen LogP contribution in [0.5, 0.6) is 0 Å². The molecule has 2 aromatic rings. The Morgan fingerprint density at radius 2 is 2.00 bits per heavy atom. The van der Waals surface area contributed by atoms with Crippen molar-refractivity contribution in [2.45, 2.75) is 13.8 Å². The standard InChI is InChI=1S/C16H19N4O3/c1-11-3-4-13(10-17-11)14-9-15(19-5-7-23-8-6-19)18-12(2)16(14)20(21)22/h3-4,9-10,21H,5-8H2,1-2H3/q-1. The van der Waals surface area contributed by atoms with E-state index in [2.05, 4.69) is 14.9 Å². The Labute approximate surface area is 134 Å². The molecule has 0 saturated carbocycles. The predicted molar refractivity (Wildman–Crippen MR) is 87.6 cm³/mol. The minimum absolute atomic E-state index is 0.124. The summed E-state index contributed by atoms with van der Waals surface area (Å²) in [7, 11) is 0. The summed E-state index contributed by atoms with van der Waals surface area (Å²) in [6, 6.07) is 5.57. The minimum atomic E-state index is -0.124. The number of nitrogens with zero attached hydrogens (tertiary/aromatic N) is 4. The summed E-state index contributed by atoms with van der Waals surface area (Å²) < 4.78 is 5.36. The number of aryl methyl sites for hydroxylation is 2. The van der Waals surface area contributed by atoms with Crippen LogP contribution < -0.4 is 10.1 Å². The van der Waals surface area contributed by atoms with Crippen LogP contribution in [0, 0.1) is 19.1 Å². The van der Waals surface area contributed by atoms with E-state index in [-0.39, 0.29) is 10.9 Å². The molecular weight excluding hydrogens is 296 g/mol. The van der Waals surface area contributed by atoms with Gasteiger partial charge in [0, 0.05) is 36.1 Å². The molecule has 1 N–H and O–H groups in total. The normalized spacial score (nSPS) is 14.9. The van der Waals surface area contributed by atoms with Crippen molar-refractivity contribution in [3.63, 3.8) is 0 Å². The van der Waals surface area contributed by atoms with E-state index in [9.17, 15) is 10.4 Å². The second-order valence-electron chi connectivity index (χ2n) is 5.52. The fraction of sp³-hybridized carbons (Fsp3) is 0.375. The van der Waals surface area contributed by atoms with Crippen LogP contribution in [-0.4, -0.2) is 41.5 Å². The predicted octanol–water partition coefficient (Wildman–Crippen LogP) is 2.29. The fourth-order valence-electron chi connectivity index (χ4n) is 2.69. The highest BCUT2D eigenvalue weighted by atomic mass is 16.8. The molecule has 2 aromatic heterocycles. The maximum atomic E-state index is 11.6. The van der Waals surface area contributed by atoms with E-state index in [0.717, 1.165) is 30.2 Å². The minimum Gasteiger partial charge on any atom is -0.733 e. The van der Waals surface area contributed by atoms with Gasteiger partial charge in [0.1, 0.15) is 5.82 Å². The van der Waals surface area contributed by atoms with Crippen molar-refractivity contribution in [1.82, 2.24) is 9.97 Å². The largest absolute Gasteiger partial charge is 0.733 e. The van der Waals surface area contributed by atoms with E-state index in [1.807, 2.05) is 25.1 Å². The van der Waals surface area contributed by atoms with Crippen molar-refractivity contribution >= 4 is 11.5 Å². The SMILES string of the molecule is Cc1ccc(-c2cc(N3CCOCC3)nc(C)c2N([O-])O)cn1. The zero-order chi connectivity index (χ0) is 16.4. The quantitative estimate of drug-likeness (QED) is 0.870. The molecule has 1 saturated heterocycles. The van der Waals surface area contributed by atoms with Crippen LogP contribution in [-0.2, 0) is 4.74 Å². The van der Waals surface area contributed by atoms with Crippen LogP contribution in [0.1, 0.15) is 11.4 Å². The molecule has 3 heterocycles. The van der Waals surface area contributed by atoms with Gasteiger partial charge in [-0.2, -0.15) is 0 Å². The molecule has 7 nitrogen and oxygen atoms in total. The lowest BCUT2D eigenvalue weighted by atomic mass is 10.0. The molecule has 0 unspecified atom stereocenters. The van der Waals surface area contributed by atoms with Gasteiger partial charge in [0.05, 0.1) is 24.6 Å². The molecular formula is C16H19N4O3-. The maximum absolute atomic E-state index is 11.6. The van der Waals surface area contributed by atoms with E-state index in [1.165, 1.54) is 0 Å². The smallest absolute Gasteiger partial charge is 0.129 e. The highest BCUT2D eigenvalue weighted by Crippen LogP contribution is 2.35. The molecule has 0 aliphatic carbocycles. The van der Waals surface area contributed by atoms with Crippen molar-refractivity contribution in [3.8, 4) is 11.1 Å². The third kappa shape index (κ3) is 3.26. The van der Waals surface area contributed by atoms with E-state index < -0.39 is 0 Å². The molecule has 0 radical (unpaired) electrons. The Balaban J connectivity index is 2.10. The van der Waals surface area contributed by atoms with Crippen molar-refractivity contribution in [2.24, 2.45) is 0 Å². The van der Waals surface area contributed by atoms with Gasteiger partial charge in [-0.3, -0.25) is 10.2 Å². The van der Waals surface area contributed by atoms with Gasteiger partial charge in [0.25, 0.3) is 0 Å². The Bertz CT molecular complexity index is 682. The molecule has 0 spiro atoms. The van der Waals surface area contributed by atoms with Gasteiger partial charge < -0.3 is 20.1 Å². The number of pyridine rings is 2. The number of morpholine rings is 1. The lowest BCUT2D eigenvalue weighted by Crippen LogP contribution is -2.37. The number of rotatable bonds is 3. The van der Waals surface area contributed by atoms with Gasteiger partial charge in [-0.05, 0) is 26.0 Å². The molecule has 0 aromatic carbocycles. The molecule has 0 bridgehead atoms. The maximum Gasteiger partial charge on any atom is 0.129 e. The van der Waals surface area contributed by atoms with Crippen LogP contribution in [0.15, 0.2) is 24.4 Å². The molecule has 0 amide bonds. The van der Waals surface area contributed by atoms with Gasteiger partial charge in [0.2, 0.25) is 0 Å². The third-order valence-corrected chi connectivity index (χ3v) is 3.90. The van der Waals surface area contributed by atoms with Crippen LogP contribution in [0.2, 0.25) is 0 Å². The fourth-order valence-corrected chi connectivity index (χ4v) is 2.69. The first-order chi connectivity index (χ1) is 11.1. The Hall–Kier alpha value is -2.22. The van der Waals surface area contributed by atoms with Crippen LogP contribution in [0.4, 0.5) is 11.5 Å². The van der Waals surface area contributed by atoms with Crippen LogP contribution in [0.3, 0.4) is 0 Å². The van der Waals surface area contributed by atoms with Crippen molar-refractivity contribution in [3.05, 3.63) is 41.0 Å². The van der Waals surface area contributed by atoms with E-state index in [4.69, 9.17) is 4.74 Å². The summed E-state index contributed by atoms with van der Waals surface area (Å²) in [6.07, 6.45) is 1.69. The number of anilines is 2. The van der Waals surface area contributed by atoms with Gasteiger partial charge in [-0.15, -0.1) is 0 Å². The molecule has 1 aliphatic heterocycles. The number of hydrogen-bond donors (Lipinski definition) is 1. The lowest BCUT2D eigenvalue weighted by molar-refractivity contribution is 0.122.